The Hall–Kier alpha value is -1.66. The first-order valence-corrected chi connectivity index (χ1v) is 13.9. The van der Waals surface area contributed by atoms with Gasteiger partial charge in [0.15, 0.2) is 0 Å². The van der Waals surface area contributed by atoms with E-state index in [2.05, 4.69) is 0 Å². The van der Waals surface area contributed by atoms with Crippen LogP contribution in [0.25, 0.3) is 10.9 Å². The minimum absolute atomic E-state index is 0.240. The van der Waals surface area contributed by atoms with E-state index >= 15 is 0 Å². The van der Waals surface area contributed by atoms with E-state index in [0.717, 1.165) is 14.0 Å². The SMILES string of the molecule is CC(=O)[O][Hg][c]1cn(S(=O)(=O)c2ccc(C)cc2)c2ccccc12. The molecule has 0 aliphatic carbocycles. The molecule has 3 rings (SSSR count). The Morgan fingerprint density at radius 2 is 1.75 bits per heavy atom. The summed E-state index contributed by atoms with van der Waals surface area (Å²) in [5.41, 5.74) is 1.61. The third kappa shape index (κ3) is 3.25. The first-order valence-electron chi connectivity index (χ1n) is 7.44. The van der Waals surface area contributed by atoms with Crippen LogP contribution in [0, 0.1) is 6.92 Å². The van der Waals surface area contributed by atoms with E-state index in [1.165, 1.54) is 10.9 Å². The number of hydrogen-bond donors (Lipinski definition) is 0. The van der Waals surface area contributed by atoms with Crippen LogP contribution >= 0.6 is 0 Å². The summed E-state index contributed by atoms with van der Waals surface area (Å²) in [7, 11) is -3.69. The van der Waals surface area contributed by atoms with Gasteiger partial charge in [0.1, 0.15) is 0 Å². The summed E-state index contributed by atoms with van der Waals surface area (Å²) < 4.78 is 33.4. The van der Waals surface area contributed by atoms with Gasteiger partial charge in [0, 0.05) is 0 Å². The molecule has 0 saturated heterocycles. The predicted molar refractivity (Wildman–Crippen MR) is 87.1 cm³/mol. The Labute approximate surface area is 153 Å². The van der Waals surface area contributed by atoms with Gasteiger partial charge in [0.2, 0.25) is 0 Å². The molecule has 24 heavy (non-hydrogen) atoms. The van der Waals surface area contributed by atoms with Crippen LogP contribution in [0.1, 0.15) is 12.5 Å². The van der Waals surface area contributed by atoms with Crippen LogP contribution in [-0.4, -0.2) is 18.4 Å². The summed E-state index contributed by atoms with van der Waals surface area (Å²) >= 11 is -2.16. The van der Waals surface area contributed by atoms with Gasteiger partial charge in [-0.1, -0.05) is 0 Å². The normalized spacial score (nSPS) is 11.2. The number of carbonyl (C=O) groups is 1. The molecule has 1 aromatic heterocycles. The molecule has 2 aromatic carbocycles. The quantitative estimate of drug-likeness (QED) is 0.487. The van der Waals surface area contributed by atoms with Gasteiger partial charge in [-0.3, -0.25) is 0 Å². The molecular formula is C17H15HgNO4S. The van der Waals surface area contributed by atoms with Gasteiger partial charge >= 0.3 is 154 Å². The number of aromatic nitrogens is 1. The summed E-state index contributed by atoms with van der Waals surface area (Å²) in [4.78, 5) is 11.4. The van der Waals surface area contributed by atoms with Crippen molar-refractivity contribution in [1.29, 1.82) is 0 Å². The second kappa shape index (κ2) is 6.68. The molecule has 7 heteroatoms. The molecule has 0 radical (unpaired) electrons. The zero-order valence-corrected chi connectivity index (χ0v) is 19.7. The summed E-state index contributed by atoms with van der Waals surface area (Å²) in [5.74, 6) is -0.310. The molecule has 0 aliphatic heterocycles. The molecule has 1 heterocycles. The monoisotopic (exact) mass is 531 g/mol. The van der Waals surface area contributed by atoms with Gasteiger partial charge < -0.3 is 0 Å². The van der Waals surface area contributed by atoms with Crippen LogP contribution in [0.2, 0.25) is 0 Å². The van der Waals surface area contributed by atoms with Crippen molar-refractivity contribution in [3.05, 3.63) is 60.3 Å². The standard InChI is InChI=1S/C15H12NO2S.C2H4O2.Hg/c1-12-6-8-14(9-7-12)19(17,18)16-11-10-13-4-2-3-5-15(13)16;1-2(3)4;/h2-9,11H,1H3;1H3,(H,3,4);/q;;+1/p-1. The van der Waals surface area contributed by atoms with Crippen molar-refractivity contribution in [2.75, 3.05) is 0 Å². The fourth-order valence-corrected chi connectivity index (χ4v) is 8.60. The van der Waals surface area contributed by atoms with Gasteiger partial charge in [-0.15, -0.1) is 0 Å². The molecule has 0 saturated carbocycles. The van der Waals surface area contributed by atoms with E-state index in [1.54, 1.807) is 42.6 Å². The van der Waals surface area contributed by atoms with Crippen LogP contribution in [0.3, 0.4) is 0 Å². The van der Waals surface area contributed by atoms with Crippen molar-refractivity contribution in [3.63, 3.8) is 0 Å². The fourth-order valence-electron chi connectivity index (χ4n) is 2.54. The zero-order valence-electron chi connectivity index (χ0n) is 13.4. The first-order chi connectivity index (χ1) is 11.4. The Bertz CT molecular complexity index is 1010. The summed E-state index contributed by atoms with van der Waals surface area (Å²) in [6.07, 6.45) is 1.62. The number of hydrogen-bond acceptors (Lipinski definition) is 4. The van der Waals surface area contributed by atoms with E-state index in [4.69, 9.17) is 2.64 Å². The molecule has 5 nitrogen and oxygen atoms in total. The van der Waals surface area contributed by atoms with Crippen LogP contribution in [0.5, 0.6) is 0 Å². The Kier molecular flexibility index (Phi) is 4.78. The van der Waals surface area contributed by atoms with E-state index in [1.807, 2.05) is 19.1 Å². The Morgan fingerprint density at radius 1 is 1.08 bits per heavy atom. The van der Waals surface area contributed by atoms with E-state index < -0.39 is 35.1 Å². The maximum atomic E-state index is 13.0. The average Bonchev–Trinajstić information content (AvgIpc) is 2.93. The minimum atomic E-state index is -3.69. The maximum absolute atomic E-state index is 13.0. The summed E-state index contributed by atoms with van der Waals surface area (Å²) in [5, 5.41) is 0.844. The molecule has 120 valence electrons. The van der Waals surface area contributed by atoms with E-state index in [0.29, 0.717) is 5.52 Å². The van der Waals surface area contributed by atoms with Crippen molar-refractivity contribution in [2.24, 2.45) is 0 Å². The second-order valence-electron chi connectivity index (χ2n) is 5.57. The third-order valence-electron chi connectivity index (χ3n) is 3.77. The molecule has 0 aliphatic rings. The first kappa shape index (κ1) is 17.2. The summed E-state index contributed by atoms with van der Waals surface area (Å²) in [6, 6.07) is 14.1. The predicted octanol–water partition coefficient (Wildman–Crippen LogP) is 2.37. The Morgan fingerprint density at radius 3 is 2.42 bits per heavy atom. The van der Waals surface area contributed by atoms with Crippen molar-refractivity contribution in [2.45, 2.75) is 18.7 Å². The molecule has 0 spiro atoms. The van der Waals surface area contributed by atoms with E-state index in [-0.39, 0.29) is 10.9 Å². The Balaban J connectivity index is 2.15. The third-order valence-corrected chi connectivity index (χ3v) is 11.0. The fraction of sp³-hybridized carbons (Fsp3) is 0.118. The van der Waals surface area contributed by atoms with Crippen molar-refractivity contribution >= 4 is 30.0 Å². The van der Waals surface area contributed by atoms with Crippen molar-refractivity contribution in [3.8, 4) is 0 Å². The van der Waals surface area contributed by atoms with Gasteiger partial charge in [0.05, 0.1) is 0 Å². The van der Waals surface area contributed by atoms with Gasteiger partial charge in [-0.25, -0.2) is 0 Å². The topological polar surface area (TPSA) is 65.4 Å². The molecule has 3 aromatic rings. The average molecular weight is 530 g/mol. The number of fused-ring (bicyclic) bond motifs is 1. The zero-order chi connectivity index (χ0) is 17.3. The molecule has 0 bridgehead atoms. The molecule has 0 unspecified atom stereocenters. The van der Waals surface area contributed by atoms with Gasteiger partial charge in [0.25, 0.3) is 0 Å². The van der Waals surface area contributed by atoms with Crippen LogP contribution < -0.4 is 3.07 Å². The summed E-state index contributed by atoms with van der Waals surface area (Å²) in [6.45, 7) is 3.29. The van der Waals surface area contributed by atoms with Gasteiger partial charge in [-0.2, -0.15) is 0 Å². The van der Waals surface area contributed by atoms with Crippen LogP contribution in [0.4, 0.5) is 0 Å². The number of rotatable bonds is 4. The molecule has 0 amide bonds. The van der Waals surface area contributed by atoms with E-state index in [9.17, 15) is 13.2 Å². The van der Waals surface area contributed by atoms with Crippen LogP contribution in [0.15, 0.2) is 59.6 Å². The molecule has 0 N–H and O–H groups in total. The number of nitrogens with zero attached hydrogens (tertiary/aromatic N) is 1. The number of aryl methyl sites for hydroxylation is 1. The number of para-hydroxylation sites is 1. The number of carbonyl (C=O) groups excluding carboxylic acids is 1. The van der Waals surface area contributed by atoms with Crippen molar-refractivity contribution < 1.29 is 40.9 Å². The molecular weight excluding hydrogens is 515 g/mol. The second-order valence-corrected chi connectivity index (χ2v) is 12.6. The number of benzene rings is 2. The van der Waals surface area contributed by atoms with Crippen molar-refractivity contribution in [1.82, 2.24) is 3.97 Å². The van der Waals surface area contributed by atoms with Gasteiger partial charge in [-0.05, 0) is 0 Å². The molecule has 0 atom stereocenters. The van der Waals surface area contributed by atoms with Crippen LogP contribution in [-0.2, 0) is 42.5 Å². The molecule has 0 fully saturated rings.